The number of para-hydroxylation sites is 1. The monoisotopic (exact) mass is 262 g/mol. The summed E-state index contributed by atoms with van der Waals surface area (Å²) in [5.41, 5.74) is 7.95. The maximum absolute atomic E-state index is 12.3. The van der Waals surface area contributed by atoms with Gasteiger partial charge in [0.15, 0.2) is 0 Å². The van der Waals surface area contributed by atoms with E-state index in [-0.39, 0.29) is 23.5 Å². The number of anilines is 1. The second kappa shape index (κ2) is 4.85. The van der Waals surface area contributed by atoms with Crippen molar-refractivity contribution in [2.24, 2.45) is 5.41 Å². The molecule has 3 N–H and O–H groups in total. The van der Waals surface area contributed by atoms with Crippen LogP contribution in [0.25, 0.3) is 0 Å². The van der Waals surface area contributed by atoms with Crippen LogP contribution in [0.15, 0.2) is 18.2 Å². The number of hydrogen-bond acceptors (Lipinski definition) is 3. The Balaban J connectivity index is 2.09. The molecule has 0 radical (unpaired) electrons. The third-order valence-electron chi connectivity index (χ3n) is 4.34. The Kier molecular flexibility index (Phi) is 3.54. The van der Waals surface area contributed by atoms with Crippen molar-refractivity contribution in [1.82, 2.24) is 5.32 Å². The van der Waals surface area contributed by atoms with Crippen molar-refractivity contribution in [3.63, 3.8) is 0 Å². The topological polar surface area (TPSA) is 64.3 Å². The lowest BCUT2D eigenvalue weighted by Gasteiger charge is -2.51. The molecule has 104 valence electrons. The summed E-state index contributed by atoms with van der Waals surface area (Å²) in [6.07, 6.45) is 1.05. The van der Waals surface area contributed by atoms with E-state index in [9.17, 15) is 4.79 Å². The second-order valence-electron chi connectivity index (χ2n) is 5.84. The van der Waals surface area contributed by atoms with Gasteiger partial charge >= 0.3 is 0 Å². The number of nitrogens with two attached hydrogens (primary N) is 1. The van der Waals surface area contributed by atoms with Crippen LogP contribution in [0, 0.1) is 12.3 Å². The molecule has 1 aliphatic carbocycles. The number of hydrogen-bond donors (Lipinski definition) is 2. The molecule has 19 heavy (non-hydrogen) atoms. The molecule has 0 bridgehead atoms. The molecular weight excluding hydrogens is 240 g/mol. The minimum atomic E-state index is -0.103. The van der Waals surface area contributed by atoms with Gasteiger partial charge in [-0.2, -0.15) is 0 Å². The summed E-state index contributed by atoms with van der Waals surface area (Å²) in [4.78, 5) is 12.3. The number of methoxy groups -OCH3 is 1. The van der Waals surface area contributed by atoms with E-state index in [1.54, 1.807) is 13.2 Å². The molecule has 2 unspecified atom stereocenters. The highest BCUT2D eigenvalue weighted by Gasteiger charge is 2.49. The molecule has 0 spiro atoms. The molecule has 1 saturated carbocycles. The molecule has 1 fully saturated rings. The minimum Gasteiger partial charge on any atom is -0.398 e. The van der Waals surface area contributed by atoms with E-state index < -0.39 is 0 Å². The van der Waals surface area contributed by atoms with Crippen LogP contribution in [-0.2, 0) is 4.74 Å². The van der Waals surface area contributed by atoms with Crippen LogP contribution in [0.4, 0.5) is 5.69 Å². The number of nitrogen functional groups attached to an aromatic ring is 1. The third kappa shape index (κ3) is 2.32. The van der Waals surface area contributed by atoms with Gasteiger partial charge in [0, 0.05) is 24.3 Å². The van der Waals surface area contributed by atoms with Crippen molar-refractivity contribution in [1.29, 1.82) is 0 Å². The van der Waals surface area contributed by atoms with Crippen molar-refractivity contribution < 1.29 is 9.53 Å². The van der Waals surface area contributed by atoms with E-state index in [1.165, 1.54) is 0 Å². The summed E-state index contributed by atoms with van der Waals surface area (Å²) in [5.74, 6) is -0.103. The molecule has 1 amide bonds. The van der Waals surface area contributed by atoms with Gasteiger partial charge in [0.05, 0.1) is 11.7 Å². The van der Waals surface area contributed by atoms with Gasteiger partial charge in [-0.05, 0) is 25.0 Å². The van der Waals surface area contributed by atoms with E-state index in [4.69, 9.17) is 10.5 Å². The van der Waals surface area contributed by atoms with Gasteiger partial charge in [0.25, 0.3) is 5.91 Å². The number of ether oxygens (including phenoxy) is 1. The van der Waals surface area contributed by atoms with Crippen molar-refractivity contribution in [2.75, 3.05) is 12.8 Å². The van der Waals surface area contributed by atoms with Crippen LogP contribution < -0.4 is 11.1 Å². The summed E-state index contributed by atoms with van der Waals surface area (Å²) < 4.78 is 5.39. The van der Waals surface area contributed by atoms with Crippen LogP contribution in [0.5, 0.6) is 0 Å². The largest absolute Gasteiger partial charge is 0.398 e. The lowest BCUT2D eigenvalue weighted by atomic mass is 9.64. The van der Waals surface area contributed by atoms with Gasteiger partial charge in [-0.15, -0.1) is 0 Å². The third-order valence-corrected chi connectivity index (χ3v) is 4.34. The molecule has 0 saturated heterocycles. The quantitative estimate of drug-likeness (QED) is 0.820. The summed E-state index contributed by atoms with van der Waals surface area (Å²) in [5, 5.41) is 3.06. The Bertz CT molecular complexity index is 497. The van der Waals surface area contributed by atoms with Gasteiger partial charge in [-0.1, -0.05) is 26.0 Å². The van der Waals surface area contributed by atoms with Crippen molar-refractivity contribution >= 4 is 11.6 Å². The average Bonchev–Trinajstić information content (AvgIpc) is 2.37. The molecule has 4 heteroatoms. The molecule has 0 aromatic heterocycles. The van der Waals surface area contributed by atoms with Gasteiger partial charge in [-0.3, -0.25) is 4.79 Å². The molecule has 0 aliphatic heterocycles. The molecule has 0 heterocycles. The van der Waals surface area contributed by atoms with Gasteiger partial charge in [0.1, 0.15) is 0 Å². The van der Waals surface area contributed by atoms with E-state index in [2.05, 4.69) is 19.2 Å². The lowest BCUT2D eigenvalue weighted by molar-refractivity contribution is -0.0942. The fourth-order valence-corrected chi connectivity index (χ4v) is 2.65. The first-order valence-electron chi connectivity index (χ1n) is 6.56. The Labute approximate surface area is 114 Å². The molecular formula is C15H22N2O2. The Morgan fingerprint density at radius 1 is 1.47 bits per heavy atom. The minimum absolute atomic E-state index is 0.0387. The van der Waals surface area contributed by atoms with Crippen molar-refractivity contribution in [3.05, 3.63) is 29.3 Å². The van der Waals surface area contributed by atoms with E-state index in [1.807, 2.05) is 19.1 Å². The number of carbonyl (C=O) groups is 1. The summed E-state index contributed by atoms with van der Waals surface area (Å²) >= 11 is 0. The zero-order chi connectivity index (χ0) is 14.2. The SMILES string of the molecule is COC1CC(NC(=O)c2cccc(C)c2N)C1(C)C. The highest BCUT2D eigenvalue weighted by atomic mass is 16.5. The van der Waals surface area contributed by atoms with Gasteiger partial charge < -0.3 is 15.8 Å². The molecule has 2 rings (SSSR count). The zero-order valence-electron chi connectivity index (χ0n) is 12.0. The summed E-state index contributed by atoms with van der Waals surface area (Å²) in [6, 6.07) is 5.65. The van der Waals surface area contributed by atoms with Crippen LogP contribution in [-0.4, -0.2) is 25.2 Å². The second-order valence-corrected chi connectivity index (χ2v) is 5.84. The zero-order valence-corrected chi connectivity index (χ0v) is 12.0. The Morgan fingerprint density at radius 2 is 2.16 bits per heavy atom. The highest BCUT2D eigenvalue weighted by Crippen LogP contribution is 2.42. The van der Waals surface area contributed by atoms with Crippen molar-refractivity contribution in [2.45, 2.75) is 39.3 Å². The van der Waals surface area contributed by atoms with E-state index in [0.717, 1.165) is 12.0 Å². The Hall–Kier alpha value is -1.55. The number of benzene rings is 1. The maximum atomic E-state index is 12.3. The fourth-order valence-electron chi connectivity index (χ4n) is 2.65. The van der Waals surface area contributed by atoms with Gasteiger partial charge in [0.2, 0.25) is 0 Å². The first kappa shape index (κ1) is 13.9. The molecule has 1 aromatic carbocycles. The van der Waals surface area contributed by atoms with E-state index >= 15 is 0 Å². The molecule has 1 aliphatic rings. The predicted octanol–water partition coefficient (Wildman–Crippen LogP) is 2.12. The number of nitrogens with one attached hydrogen (secondary N) is 1. The number of carbonyl (C=O) groups excluding carboxylic acids is 1. The predicted molar refractivity (Wildman–Crippen MR) is 76.0 cm³/mol. The normalized spacial score (nSPS) is 24.6. The number of amides is 1. The molecule has 4 nitrogen and oxygen atoms in total. The first-order chi connectivity index (χ1) is 8.87. The number of aryl methyl sites for hydroxylation is 1. The highest BCUT2D eigenvalue weighted by molar-refractivity contribution is 6.00. The van der Waals surface area contributed by atoms with Crippen LogP contribution in [0.3, 0.4) is 0 Å². The Morgan fingerprint density at radius 3 is 2.74 bits per heavy atom. The molecule has 1 aromatic rings. The van der Waals surface area contributed by atoms with Crippen LogP contribution in [0.1, 0.15) is 36.2 Å². The average molecular weight is 262 g/mol. The maximum Gasteiger partial charge on any atom is 0.253 e. The fraction of sp³-hybridized carbons (Fsp3) is 0.533. The van der Waals surface area contributed by atoms with Crippen LogP contribution in [0.2, 0.25) is 0 Å². The standard InChI is InChI=1S/C15H22N2O2/c1-9-6-5-7-10(13(9)16)14(18)17-11-8-12(19-4)15(11,2)3/h5-7,11-12H,8,16H2,1-4H3,(H,17,18). The van der Waals surface area contributed by atoms with E-state index in [0.29, 0.717) is 11.3 Å². The lowest BCUT2D eigenvalue weighted by Crippen LogP contribution is -2.61. The van der Waals surface area contributed by atoms with Crippen LogP contribution >= 0.6 is 0 Å². The van der Waals surface area contributed by atoms with Crippen molar-refractivity contribution in [3.8, 4) is 0 Å². The molecule has 2 atom stereocenters. The smallest absolute Gasteiger partial charge is 0.253 e. The number of rotatable bonds is 3. The van der Waals surface area contributed by atoms with Gasteiger partial charge in [-0.25, -0.2) is 0 Å². The summed E-state index contributed by atoms with van der Waals surface area (Å²) in [6.45, 7) is 6.12. The first-order valence-corrected chi connectivity index (χ1v) is 6.56. The summed E-state index contributed by atoms with van der Waals surface area (Å²) in [7, 11) is 1.71.